The lowest BCUT2D eigenvalue weighted by atomic mass is 9.81. The van der Waals surface area contributed by atoms with E-state index < -0.39 is 0 Å². The molecular weight excluding hydrogens is 540 g/mol. The molecule has 0 bridgehead atoms. The molecule has 0 aromatic heterocycles. The van der Waals surface area contributed by atoms with E-state index in [1.807, 2.05) is 6.07 Å². The molecule has 0 atom stereocenters. The molecular formula is C40H42N2O2. The van der Waals surface area contributed by atoms with Crippen molar-refractivity contribution in [2.75, 3.05) is 22.9 Å². The zero-order valence-electron chi connectivity index (χ0n) is 26.8. The second kappa shape index (κ2) is 10.4. The Balaban J connectivity index is 1.41. The molecule has 3 aliphatic heterocycles. The van der Waals surface area contributed by atoms with Crippen LogP contribution in [0.15, 0.2) is 99.5 Å². The van der Waals surface area contributed by atoms with E-state index in [4.69, 9.17) is 4.42 Å². The van der Waals surface area contributed by atoms with Crippen molar-refractivity contribution in [3.63, 3.8) is 0 Å². The zero-order valence-corrected chi connectivity index (χ0v) is 26.8. The van der Waals surface area contributed by atoms with Crippen molar-refractivity contribution in [1.82, 2.24) is 0 Å². The largest absolute Gasteiger partial charge is 0.456 e. The average molecular weight is 583 g/mol. The van der Waals surface area contributed by atoms with E-state index in [9.17, 15) is 4.79 Å². The highest BCUT2D eigenvalue weighted by Gasteiger charge is 2.41. The van der Waals surface area contributed by atoms with Gasteiger partial charge in [0.05, 0.1) is 0 Å². The van der Waals surface area contributed by atoms with E-state index in [2.05, 4.69) is 118 Å². The van der Waals surface area contributed by atoms with Crippen LogP contribution < -0.4 is 15.2 Å². The molecule has 4 nitrogen and oxygen atoms in total. The van der Waals surface area contributed by atoms with Crippen molar-refractivity contribution in [2.45, 2.75) is 71.6 Å². The van der Waals surface area contributed by atoms with Crippen molar-refractivity contribution in [3.05, 3.63) is 129 Å². The minimum atomic E-state index is -0.151. The third-order valence-corrected chi connectivity index (χ3v) is 10.2. The van der Waals surface area contributed by atoms with Crippen molar-refractivity contribution in [2.24, 2.45) is 0 Å². The summed E-state index contributed by atoms with van der Waals surface area (Å²) in [5.74, 6) is 1.58. The summed E-state index contributed by atoms with van der Waals surface area (Å²) in [6.45, 7) is 15.5. The van der Waals surface area contributed by atoms with Gasteiger partial charge in [0.2, 0.25) is 0 Å². The molecule has 0 unspecified atom stereocenters. The van der Waals surface area contributed by atoms with Gasteiger partial charge in [0, 0.05) is 63.9 Å². The first-order valence-electron chi connectivity index (χ1n) is 16.1. The topological polar surface area (TPSA) is 36.7 Å². The highest BCUT2D eigenvalue weighted by atomic mass is 16.3. The monoisotopic (exact) mass is 582 g/mol. The van der Waals surface area contributed by atoms with E-state index in [0.29, 0.717) is 5.76 Å². The lowest BCUT2D eigenvalue weighted by Gasteiger charge is -2.29. The van der Waals surface area contributed by atoms with Gasteiger partial charge in [-0.25, -0.2) is 0 Å². The number of hydrogen-bond donors (Lipinski definition) is 0. The fourth-order valence-corrected chi connectivity index (χ4v) is 7.91. The summed E-state index contributed by atoms with van der Waals surface area (Å²) in [6.07, 6.45) is 9.92. The number of anilines is 2. The highest BCUT2D eigenvalue weighted by molar-refractivity contribution is 5.85. The summed E-state index contributed by atoms with van der Waals surface area (Å²) < 4.78 is 6.68. The maximum absolute atomic E-state index is 12.6. The van der Waals surface area contributed by atoms with E-state index in [-0.39, 0.29) is 16.3 Å². The van der Waals surface area contributed by atoms with Crippen molar-refractivity contribution in [1.29, 1.82) is 0 Å². The van der Waals surface area contributed by atoms with Gasteiger partial charge in [0.1, 0.15) is 11.5 Å². The molecule has 0 N–H and O–H groups in total. The van der Waals surface area contributed by atoms with Gasteiger partial charge in [-0.1, -0.05) is 70.2 Å². The second-order valence-corrected chi connectivity index (χ2v) is 13.4. The molecule has 5 aliphatic rings. The minimum absolute atomic E-state index is 0.0314. The van der Waals surface area contributed by atoms with Crippen LogP contribution in [0.5, 0.6) is 0 Å². The number of fused-ring (bicyclic) bond motifs is 4. The molecule has 3 heterocycles. The van der Waals surface area contributed by atoms with Crippen LogP contribution in [-0.2, 0) is 17.3 Å². The van der Waals surface area contributed by atoms with Crippen LogP contribution in [0.2, 0.25) is 0 Å². The first-order chi connectivity index (χ1) is 21.2. The van der Waals surface area contributed by atoms with Crippen LogP contribution in [-0.4, -0.2) is 13.1 Å². The number of rotatable bonds is 4. The van der Waals surface area contributed by atoms with Gasteiger partial charge in [-0.3, -0.25) is 4.79 Å². The van der Waals surface area contributed by atoms with Gasteiger partial charge < -0.3 is 14.2 Å². The molecule has 4 heteroatoms. The molecule has 2 aromatic carbocycles. The third kappa shape index (κ3) is 4.22. The normalized spacial score (nSPS) is 20.9. The predicted octanol–water partition coefficient (Wildman–Crippen LogP) is 9.32. The third-order valence-electron chi connectivity index (χ3n) is 10.2. The Morgan fingerprint density at radius 3 is 2.05 bits per heavy atom. The van der Waals surface area contributed by atoms with Gasteiger partial charge in [0.25, 0.3) is 0 Å². The summed E-state index contributed by atoms with van der Waals surface area (Å²) in [5, 5.41) is 0. The number of para-hydroxylation sites is 2. The number of hydrogen-bond acceptors (Lipinski definition) is 4. The molecule has 2 aliphatic carbocycles. The maximum Gasteiger partial charge on any atom is 0.182 e. The summed E-state index contributed by atoms with van der Waals surface area (Å²) in [4.78, 5) is 17.5. The molecule has 0 amide bonds. The minimum Gasteiger partial charge on any atom is -0.456 e. The zero-order chi connectivity index (χ0) is 30.8. The standard InChI is InChI=1S/C40H42N2O2/c1-7-41-33-18-11-9-16-31(33)39(3,4)36(41)23-20-26-14-13-15-29-30(28-22-21-27(43)24-35(28)44-38(26)29)25-37-40(5,6)32-17-10-12-19-34(32)42(37)8-2/h9-12,16-25H,7-8,13-15H2,1-6H3/b26-20?,36-23?,37-25+. The predicted molar refractivity (Wildman–Crippen MR) is 184 cm³/mol. The van der Waals surface area contributed by atoms with Crippen LogP contribution in [0.1, 0.15) is 82.4 Å². The molecule has 0 saturated heterocycles. The Kier molecular flexibility index (Phi) is 6.73. The maximum atomic E-state index is 12.6. The summed E-state index contributed by atoms with van der Waals surface area (Å²) in [5.41, 5.74) is 12.2. The Morgan fingerprint density at radius 2 is 1.39 bits per heavy atom. The Morgan fingerprint density at radius 1 is 0.773 bits per heavy atom. The van der Waals surface area contributed by atoms with E-state index in [1.165, 1.54) is 50.6 Å². The summed E-state index contributed by atoms with van der Waals surface area (Å²) in [6, 6.07) is 22.8. The van der Waals surface area contributed by atoms with Gasteiger partial charge in [-0.15, -0.1) is 0 Å². The SMILES string of the molecule is CCN1C(=CC=C2CCCc3c2oc2cc(=O)ccc-2c3/C=C2/N(CC)c3ccccc3C2(C)C)C(C)(C)c2ccccc21. The molecule has 0 spiro atoms. The van der Waals surface area contributed by atoms with Crippen LogP contribution in [0.4, 0.5) is 11.4 Å². The number of nitrogens with zero attached hydrogens (tertiary/aromatic N) is 2. The Labute approximate surface area is 261 Å². The van der Waals surface area contributed by atoms with E-state index >= 15 is 0 Å². The number of likely N-dealkylation sites (N-methyl/N-ethyl adjacent to an activating group) is 2. The lowest BCUT2D eigenvalue weighted by molar-refractivity contribution is 0.525. The van der Waals surface area contributed by atoms with Crippen LogP contribution in [0.3, 0.4) is 0 Å². The molecule has 7 rings (SSSR count). The van der Waals surface area contributed by atoms with Gasteiger partial charge in [0.15, 0.2) is 5.43 Å². The molecule has 0 saturated carbocycles. The van der Waals surface area contributed by atoms with Crippen LogP contribution >= 0.6 is 0 Å². The van der Waals surface area contributed by atoms with E-state index in [1.54, 1.807) is 12.1 Å². The quantitative estimate of drug-likeness (QED) is 0.240. The van der Waals surface area contributed by atoms with Crippen LogP contribution in [0, 0.1) is 0 Å². The van der Waals surface area contributed by atoms with Crippen molar-refractivity contribution < 1.29 is 4.42 Å². The molecule has 0 fully saturated rings. The second-order valence-electron chi connectivity index (χ2n) is 13.4. The van der Waals surface area contributed by atoms with E-state index in [0.717, 1.165) is 43.7 Å². The van der Waals surface area contributed by atoms with Crippen molar-refractivity contribution >= 4 is 23.0 Å². The molecule has 44 heavy (non-hydrogen) atoms. The summed E-state index contributed by atoms with van der Waals surface area (Å²) >= 11 is 0. The summed E-state index contributed by atoms with van der Waals surface area (Å²) in [7, 11) is 0. The smallest absolute Gasteiger partial charge is 0.182 e. The van der Waals surface area contributed by atoms with Gasteiger partial charge >= 0.3 is 0 Å². The first-order valence-corrected chi connectivity index (χ1v) is 16.1. The molecule has 2 aromatic rings. The lowest BCUT2D eigenvalue weighted by Crippen LogP contribution is -2.26. The van der Waals surface area contributed by atoms with Gasteiger partial charge in [-0.05, 0) is 91.8 Å². The molecule has 0 radical (unpaired) electrons. The van der Waals surface area contributed by atoms with Crippen molar-refractivity contribution in [3.8, 4) is 11.3 Å². The Bertz CT molecular complexity index is 1900. The highest BCUT2D eigenvalue weighted by Crippen LogP contribution is 2.50. The van der Waals surface area contributed by atoms with Gasteiger partial charge in [-0.2, -0.15) is 0 Å². The fourth-order valence-electron chi connectivity index (χ4n) is 7.91. The fraction of sp³-hybridized carbons (Fsp3) is 0.325. The number of benzene rings is 3. The molecule has 224 valence electrons. The average Bonchev–Trinajstić information content (AvgIpc) is 3.37. The van der Waals surface area contributed by atoms with Crippen LogP contribution in [0.25, 0.3) is 23.0 Å². The first kappa shape index (κ1) is 28.5. The Hall–Kier alpha value is -4.31. The number of allylic oxidation sites excluding steroid dienone is 5.